The Morgan fingerprint density at radius 2 is 1.97 bits per heavy atom. The van der Waals surface area contributed by atoms with Crippen LogP contribution in [0.5, 0.6) is 5.75 Å². The smallest absolute Gasteiger partial charge is 0.408 e. The summed E-state index contributed by atoms with van der Waals surface area (Å²) in [6.45, 7) is 11.7. The average Bonchev–Trinajstić information content (AvgIpc) is 2.64. The molecule has 0 aliphatic carbocycles. The molecule has 1 heterocycles. The lowest BCUT2D eigenvalue weighted by Gasteiger charge is -2.32. The fourth-order valence-electron chi connectivity index (χ4n) is 3.18. The molecule has 166 valence electrons. The summed E-state index contributed by atoms with van der Waals surface area (Å²) in [7, 11) is 0. The van der Waals surface area contributed by atoms with Crippen molar-refractivity contribution < 1.29 is 14.3 Å². The van der Waals surface area contributed by atoms with E-state index in [-0.39, 0.29) is 17.8 Å². The van der Waals surface area contributed by atoms with Gasteiger partial charge in [-0.05, 0) is 75.9 Å². The van der Waals surface area contributed by atoms with Crippen molar-refractivity contribution in [3.05, 3.63) is 41.3 Å². The van der Waals surface area contributed by atoms with Gasteiger partial charge in [0, 0.05) is 17.3 Å². The third-order valence-corrected chi connectivity index (χ3v) is 4.39. The summed E-state index contributed by atoms with van der Waals surface area (Å²) < 4.78 is 11.7. The summed E-state index contributed by atoms with van der Waals surface area (Å²) in [5, 5.41) is 12.5. The number of nitrogens with one attached hydrogen (secondary N) is 1. The van der Waals surface area contributed by atoms with Crippen LogP contribution >= 0.6 is 11.6 Å². The van der Waals surface area contributed by atoms with Gasteiger partial charge in [-0.2, -0.15) is 5.26 Å². The molecule has 0 bridgehead atoms. The summed E-state index contributed by atoms with van der Waals surface area (Å²) >= 11 is 5.86. The number of amides is 1. The highest BCUT2D eigenvalue weighted by Crippen LogP contribution is 2.28. The Hall–Kier alpha value is -2.85. The first-order chi connectivity index (χ1) is 14.4. The number of hydrogen-bond donors (Lipinski definition) is 1. The van der Waals surface area contributed by atoms with E-state index in [1.54, 1.807) is 30.5 Å². The first kappa shape index (κ1) is 24.4. The molecular formula is C23H29ClN4O3. The molecule has 0 saturated carbocycles. The zero-order chi connectivity index (χ0) is 23.2. The molecular weight excluding hydrogens is 416 g/mol. The van der Waals surface area contributed by atoms with E-state index in [9.17, 15) is 10.1 Å². The van der Waals surface area contributed by atoms with E-state index in [1.165, 1.54) is 0 Å². The van der Waals surface area contributed by atoms with Crippen LogP contribution in [0, 0.1) is 17.2 Å². The van der Waals surface area contributed by atoms with Gasteiger partial charge in [0.05, 0.1) is 11.3 Å². The standard InChI is InChI=1S/C23H29ClN4O3/c1-15(2)12-23(6,31-21(29)28-22(3,4)5)14-30-19-8-7-16(11-17(19)13-25)18-9-10-26-20(24)27-18/h7-11,15H,12,14H2,1-6H3,(H,28,29)/t23-/m0/s1. The van der Waals surface area contributed by atoms with Crippen molar-refractivity contribution >= 4 is 17.7 Å². The molecule has 0 radical (unpaired) electrons. The molecule has 8 heteroatoms. The number of halogens is 1. The highest BCUT2D eigenvalue weighted by molar-refractivity contribution is 6.28. The van der Waals surface area contributed by atoms with Crippen LogP contribution in [0.15, 0.2) is 30.5 Å². The summed E-state index contributed by atoms with van der Waals surface area (Å²) in [6, 6.07) is 9.04. The lowest BCUT2D eigenvalue weighted by Crippen LogP contribution is -2.47. The molecule has 31 heavy (non-hydrogen) atoms. The van der Waals surface area contributed by atoms with Gasteiger partial charge in [-0.1, -0.05) is 13.8 Å². The first-order valence-electron chi connectivity index (χ1n) is 10.1. The van der Waals surface area contributed by atoms with Crippen molar-refractivity contribution in [1.82, 2.24) is 15.3 Å². The second-order valence-corrected chi connectivity index (χ2v) is 9.47. The fourth-order valence-corrected chi connectivity index (χ4v) is 3.33. The van der Waals surface area contributed by atoms with Crippen LogP contribution in [-0.4, -0.2) is 33.8 Å². The number of carbonyl (C=O) groups excluding carboxylic acids is 1. The maximum absolute atomic E-state index is 12.4. The van der Waals surface area contributed by atoms with Crippen LogP contribution in [-0.2, 0) is 4.74 Å². The largest absolute Gasteiger partial charge is 0.488 e. The number of nitrogens with zero attached hydrogens (tertiary/aromatic N) is 3. The topological polar surface area (TPSA) is 97.1 Å². The SMILES string of the molecule is CC(C)C[C@@](C)(COc1ccc(-c2ccnc(Cl)n2)cc1C#N)OC(=O)NC(C)(C)C. The van der Waals surface area contributed by atoms with E-state index in [2.05, 4.69) is 21.4 Å². The first-order valence-corrected chi connectivity index (χ1v) is 10.5. The normalized spacial score (nSPS) is 13.3. The molecule has 1 aromatic heterocycles. The summed E-state index contributed by atoms with van der Waals surface area (Å²) in [5.41, 5.74) is 0.395. The molecule has 7 nitrogen and oxygen atoms in total. The van der Waals surface area contributed by atoms with Crippen molar-refractivity contribution in [2.75, 3.05) is 6.61 Å². The Balaban J connectivity index is 2.20. The number of hydrogen-bond acceptors (Lipinski definition) is 6. The number of benzene rings is 1. The van der Waals surface area contributed by atoms with Crippen molar-refractivity contribution in [3.63, 3.8) is 0 Å². The van der Waals surface area contributed by atoms with Crippen molar-refractivity contribution in [1.29, 1.82) is 5.26 Å². The molecule has 2 rings (SSSR count). The number of aromatic nitrogens is 2. The van der Waals surface area contributed by atoms with E-state index in [0.29, 0.717) is 23.4 Å². The van der Waals surface area contributed by atoms with Crippen LogP contribution in [0.1, 0.15) is 53.5 Å². The van der Waals surface area contributed by atoms with Crippen LogP contribution in [0.25, 0.3) is 11.3 Å². The number of nitriles is 1. The average molecular weight is 445 g/mol. The van der Waals surface area contributed by atoms with Crippen LogP contribution in [0.2, 0.25) is 5.28 Å². The van der Waals surface area contributed by atoms with Crippen molar-refractivity contribution in [2.45, 2.75) is 59.1 Å². The van der Waals surface area contributed by atoms with E-state index in [4.69, 9.17) is 21.1 Å². The van der Waals surface area contributed by atoms with E-state index < -0.39 is 17.2 Å². The Labute approximate surface area is 188 Å². The fraction of sp³-hybridized carbons (Fsp3) is 0.478. The second kappa shape index (κ2) is 9.97. The zero-order valence-electron chi connectivity index (χ0n) is 18.8. The summed E-state index contributed by atoms with van der Waals surface area (Å²) in [6.07, 6.45) is 1.65. The van der Waals surface area contributed by atoms with Gasteiger partial charge in [0.15, 0.2) is 0 Å². The minimum atomic E-state index is -0.866. The molecule has 0 saturated heterocycles. The molecule has 1 aromatic carbocycles. The van der Waals surface area contributed by atoms with Gasteiger partial charge in [-0.25, -0.2) is 14.8 Å². The van der Waals surface area contributed by atoms with Crippen molar-refractivity contribution in [2.24, 2.45) is 5.92 Å². The predicted molar refractivity (Wildman–Crippen MR) is 120 cm³/mol. The monoisotopic (exact) mass is 444 g/mol. The summed E-state index contributed by atoms with van der Waals surface area (Å²) in [5.74, 6) is 0.678. The number of rotatable bonds is 7. The van der Waals surface area contributed by atoms with Crippen LogP contribution in [0.4, 0.5) is 4.79 Å². The second-order valence-electron chi connectivity index (χ2n) is 9.13. The Morgan fingerprint density at radius 1 is 1.26 bits per heavy atom. The van der Waals surface area contributed by atoms with Crippen molar-refractivity contribution in [3.8, 4) is 23.1 Å². The molecule has 2 aromatic rings. The van der Waals surface area contributed by atoms with Gasteiger partial charge in [-0.15, -0.1) is 0 Å². The molecule has 0 unspecified atom stereocenters. The van der Waals surface area contributed by atoms with Gasteiger partial charge in [0.25, 0.3) is 0 Å². The van der Waals surface area contributed by atoms with Gasteiger partial charge in [0.1, 0.15) is 24.0 Å². The molecule has 0 aliphatic rings. The zero-order valence-corrected chi connectivity index (χ0v) is 19.6. The maximum Gasteiger partial charge on any atom is 0.408 e. The Bertz CT molecular complexity index is 966. The third kappa shape index (κ3) is 7.72. The van der Waals surface area contributed by atoms with Gasteiger partial charge < -0.3 is 14.8 Å². The molecule has 0 fully saturated rings. The number of carbonyl (C=O) groups is 1. The van der Waals surface area contributed by atoms with E-state index in [1.807, 2.05) is 41.5 Å². The molecule has 1 N–H and O–H groups in total. The minimum absolute atomic E-state index is 0.107. The molecule has 1 amide bonds. The highest BCUT2D eigenvalue weighted by Gasteiger charge is 2.32. The van der Waals surface area contributed by atoms with Crippen LogP contribution < -0.4 is 10.1 Å². The van der Waals surface area contributed by atoms with E-state index >= 15 is 0 Å². The number of alkyl carbamates (subject to hydrolysis) is 1. The highest BCUT2D eigenvalue weighted by atomic mass is 35.5. The quantitative estimate of drug-likeness (QED) is 0.576. The summed E-state index contributed by atoms with van der Waals surface area (Å²) in [4.78, 5) is 20.4. The van der Waals surface area contributed by atoms with Gasteiger partial charge >= 0.3 is 6.09 Å². The lowest BCUT2D eigenvalue weighted by molar-refractivity contribution is -0.0250. The minimum Gasteiger partial charge on any atom is -0.488 e. The maximum atomic E-state index is 12.4. The predicted octanol–water partition coefficient (Wildman–Crippen LogP) is 5.38. The van der Waals surface area contributed by atoms with Crippen LogP contribution in [0.3, 0.4) is 0 Å². The van der Waals surface area contributed by atoms with Gasteiger partial charge in [0.2, 0.25) is 5.28 Å². The number of ether oxygens (including phenoxy) is 2. The van der Waals surface area contributed by atoms with E-state index in [0.717, 1.165) is 5.56 Å². The lowest BCUT2D eigenvalue weighted by atomic mass is 9.95. The molecule has 0 aliphatic heterocycles. The van der Waals surface area contributed by atoms with Gasteiger partial charge in [-0.3, -0.25) is 0 Å². The third-order valence-electron chi connectivity index (χ3n) is 4.21. The Morgan fingerprint density at radius 3 is 2.55 bits per heavy atom. The Kier molecular flexibility index (Phi) is 7.85. The molecule has 1 atom stereocenters. The molecule has 0 spiro atoms.